The molecular weight excluding hydrogens is 300 g/mol. The molecule has 2 unspecified atom stereocenters. The molecule has 4 nitrogen and oxygen atoms in total. The van der Waals surface area contributed by atoms with E-state index < -0.39 is 0 Å². The Labute approximate surface area is 145 Å². The standard InChI is InChI=1S/C20H32N2O2/c23-18-12-13-19(24)22(18)20(21-14-8-9-15-21)16-10-6-4-2-1-3-5-7-11-17(16)20/h16-17H,1-15H2. The second kappa shape index (κ2) is 6.78. The molecule has 0 spiro atoms. The molecule has 2 saturated carbocycles. The molecule has 4 aliphatic rings. The molecule has 0 bridgehead atoms. The van der Waals surface area contributed by atoms with Crippen molar-refractivity contribution in [3.63, 3.8) is 0 Å². The minimum Gasteiger partial charge on any atom is -0.280 e. The molecule has 4 heteroatoms. The molecule has 2 amide bonds. The molecule has 0 radical (unpaired) electrons. The van der Waals surface area contributed by atoms with Crippen LogP contribution in [0.3, 0.4) is 0 Å². The van der Waals surface area contributed by atoms with Crippen molar-refractivity contribution in [2.75, 3.05) is 13.1 Å². The molecule has 2 aliphatic heterocycles. The molecule has 134 valence electrons. The van der Waals surface area contributed by atoms with E-state index in [1.54, 1.807) is 4.90 Å². The zero-order chi connectivity index (χ0) is 16.6. The van der Waals surface area contributed by atoms with E-state index >= 15 is 0 Å². The van der Waals surface area contributed by atoms with Gasteiger partial charge >= 0.3 is 0 Å². The molecule has 0 aromatic heterocycles. The monoisotopic (exact) mass is 332 g/mol. The maximum Gasteiger partial charge on any atom is 0.231 e. The van der Waals surface area contributed by atoms with E-state index in [0.29, 0.717) is 24.7 Å². The van der Waals surface area contributed by atoms with Gasteiger partial charge in [-0.3, -0.25) is 19.4 Å². The van der Waals surface area contributed by atoms with Crippen LogP contribution in [0.25, 0.3) is 0 Å². The largest absolute Gasteiger partial charge is 0.280 e. The number of rotatable bonds is 2. The number of fused-ring (bicyclic) bond motifs is 1. The van der Waals surface area contributed by atoms with E-state index in [1.807, 2.05) is 0 Å². The lowest BCUT2D eigenvalue weighted by atomic mass is 10.1. The average Bonchev–Trinajstić information content (AvgIpc) is 2.92. The van der Waals surface area contributed by atoms with Gasteiger partial charge in [0.2, 0.25) is 11.8 Å². The van der Waals surface area contributed by atoms with Crippen molar-refractivity contribution in [3.8, 4) is 0 Å². The van der Waals surface area contributed by atoms with Crippen molar-refractivity contribution in [1.82, 2.24) is 9.80 Å². The van der Waals surface area contributed by atoms with Crippen molar-refractivity contribution >= 4 is 11.8 Å². The van der Waals surface area contributed by atoms with Gasteiger partial charge in [0.15, 0.2) is 0 Å². The number of hydrogen-bond donors (Lipinski definition) is 0. The van der Waals surface area contributed by atoms with Crippen molar-refractivity contribution in [2.45, 2.75) is 89.1 Å². The van der Waals surface area contributed by atoms with Gasteiger partial charge in [-0.1, -0.05) is 44.9 Å². The molecule has 4 fully saturated rings. The Balaban J connectivity index is 1.62. The zero-order valence-electron chi connectivity index (χ0n) is 15.0. The second-order valence-corrected chi connectivity index (χ2v) is 8.37. The minimum atomic E-state index is -0.222. The molecule has 2 atom stereocenters. The summed E-state index contributed by atoms with van der Waals surface area (Å²) in [6, 6.07) is 0. The quantitative estimate of drug-likeness (QED) is 0.724. The summed E-state index contributed by atoms with van der Waals surface area (Å²) in [4.78, 5) is 29.5. The summed E-state index contributed by atoms with van der Waals surface area (Å²) in [5.74, 6) is 1.29. The smallest absolute Gasteiger partial charge is 0.231 e. The summed E-state index contributed by atoms with van der Waals surface area (Å²) in [7, 11) is 0. The van der Waals surface area contributed by atoms with Crippen molar-refractivity contribution in [3.05, 3.63) is 0 Å². The van der Waals surface area contributed by atoms with Gasteiger partial charge in [-0.2, -0.15) is 0 Å². The van der Waals surface area contributed by atoms with Gasteiger partial charge in [-0.25, -0.2) is 0 Å². The summed E-state index contributed by atoms with van der Waals surface area (Å²) >= 11 is 0. The molecule has 0 aromatic carbocycles. The van der Waals surface area contributed by atoms with Gasteiger partial charge in [0, 0.05) is 37.8 Å². The molecule has 0 N–H and O–H groups in total. The van der Waals surface area contributed by atoms with Crippen LogP contribution < -0.4 is 0 Å². The Bertz CT molecular complexity index is 466. The Morgan fingerprint density at radius 3 is 1.62 bits per heavy atom. The molecule has 0 aromatic rings. The summed E-state index contributed by atoms with van der Waals surface area (Å²) < 4.78 is 0. The first-order valence-corrected chi connectivity index (χ1v) is 10.4. The highest BCUT2D eigenvalue weighted by atomic mass is 16.2. The molecule has 2 aliphatic carbocycles. The highest BCUT2D eigenvalue weighted by Gasteiger charge is 2.72. The van der Waals surface area contributed by atoms with Gasteiger partial charge in [-0.15, -0.1) is 0 Å². The van der Waals surface area contributed by atoms with Crippen molar-refractivity contribution in [1.29, 1.82) is 0 Å². The van der Waals surface area contributed by atoms with E-state index in [0.717, 1.165) is 13.1 Å². The number of likely N-dealkylation sites (tertiary alicyclic amines) is 2. The molecule has 2 saturated heterocycles. The highest BCUT2D eigenvalue weighted by molar-refractivity contribution is 6.03. The van der Waals surface area contributed by atoms with Gasteiger partial charge < -0.3 is 0 Å². The van der Waals surface area contributed by atoms with Crippen LogP contribution in [-0.2, 0) is 9.59 Å². The normalized spacial score (nSPS) is 38.9. The number of carbonyl (C=O) groups excluding carboxylic acids is 2. The fraction of sp³-hybridized carbons (Fsp3) is 0.900. The van der Waals surface area contributed by atoms with Gasteiger partial charge in [0.25, 0.3) is 0 Å². The van der Waals surface area contributed by atoms with Crippen LogP contribution in [0.4, 0.5) is 0 Å². The third-order valence-electron chi connectivity index (χ3n) is 7.02. The predicted molar refractivity (Wildman–Crippen MR) is 93.2 cm³/mol. The third kappa shape index (κ3) is 2.61. The first-order chi connectivity index (χ1) is 11.8. The maximum absolute atomic E-state index is 12.6. The first-order valence-electron chi connectivity index (χ1n) is 10.4. The minimum absolute atomic E-state index is 0.103. The SMILES string of the molecule is O=C1CCC(=O)N1C1(N2CCCC2)C2CCCCCCCCCC21. The first kappa shape index (κ1) is 16.6. The van der Waals surface area contributed by atoms with Crippen LogP contribution in [0.5, 0.6) is 0 Å². The van der Waals surface area contributed by atoms with Crippen LogP contribution in [0.15, 0.2) is 0 Å². The lowest BCUT2D eigenvalue weighted by Gasteiger charge is -2.37. The van der Waals surface area contributed by atoms with Crippen LogP contribution >= 0.6 is 0 Å². The van der Waals surface area contributed by atoms with Gasteiger partial charge in [0.1, 0.15) is 5.66 Å². The van der Waals surface area contributed by atoms with Crippen LogP contribution in [0, 0.1) is 11.8 Å². The summed E-state index contributed by atoms with van der Waals surface area (Å²) in [6.45, 7) is 2.15. The number of carbonyl (C=O) groups is 2. The zero-order valence-corrected chi connectivity index (χ0v) is 15.0. The van der Waals surface area contributed by atoms with Crippen LogP contribution in [0.2, 0.25) is 0 Å². The van der Waals surface area contributed by atoms with Crippen molar-refractivity contribution < 1.29 is 9.59 Å². The maximum atomic E-state index is 12.6. The number of imide groups is 1. The highest BCUT2D eigenvalue weighted by Crippen LogP contribution is 2.63. The predicted octanol–water partition coefficient (Wildman–Crippen LogP) is 3.70. The fourth-order valence-corrected chi connectivity index (χ4v) is 5.94. The fourth-order valence-electron chi connectivity index (χ4n) is 5.94. The van der Waals surface area contributed by atoms with E-state index in [2.05, 4.69) is 4.90 Å². The summed E-state index contributed by atoms with van der Waals surface area (Å²) in [5, 5.41) is 0. The third-order valence-corrected chi connectivity index (χ3v) is 7.02. The topological polar surface area (TPSA) is 40.6 Å². The Kier molecular flexibility index (Phi) is 4.68. The Morgan fingerprint density at radius 1 is 0.667 bits per heavy atom. The second-order valence-electron chi connectivity index (χ2n) is 8.37. The van der Waals surface area contributed by atoms with E-state index in [4.69, 9.17) is 0 Å². The lowest BCUT2D eigenvalue weighted by Crippen LogP contribution is -2.54. The summed E-state index contributed by atoms with van der Waals surface area (Å²) in [5.41, 5.74) is -0.222. The molecule has 24 heavy (non-hydrogen) atoms. The van der Waals surface area contributed by atoms with Gasteiger partial charge in [-0.05, 0) is 25.7 Å². The molecule has 2 heterocycles. The Morgan fingerprint density at radius 2 is 1.12 bits per heavy atom. The van der Waals surface area contributed by atoms with E-state index in [-0.39, 0.29) is 17.5 Å². The number of nitrogens with zero attached hydrogens (tertiary/aromatic N) is 2. The average molecular weight is 332 g/mol. The van der Waals surface area contributed by atoms with Gasteiger partial charge in [0.05, 0.1) is 0 Å². The van der Waals surface area contributed by atoms with Crippen LogP contribution in [0.1, 0.15) is 83.5 Å². The summed E-state index contributed by atoms with van der Waals surface area (Å²) in [6.07, 6.45) is 15.0. The van der Waals surface area contributed by atoms with E-state index in [1.165, 1.54) is 70.6 Å². The lowest BCUT2D eigenvalue weighted by molar-refractivity contribution is -0.149. The van der Waals surface area contributed by atoms with Crippen molar-refractivity contribution in [2.24, 2.45) is 11.8 Å². The molecule has 4 rings (SSSR count). The molecular formula is C20H32N2O2. The number of hydrogen-bond acceptors (Lipinski definition) is 3. The van der Waals surface area contributed by atoms with Crippen LogP contribution in [-0.4, -0.2) is 40.4 Å². The Hall–Kier alpha value is -0.900. The number of amides is 2. The van der Waals surface area contributed by atoms with E-state index in [9.17, 15) is 9.59 Å².